The molecule has 3 heteroatoms. The lowest BCUT2D eigenvalue weighted by atomic mass is 9.51. The van der Waals surface area contributed by atoms with Crippen molar-refractivity contribution in [3.8, 4) is 11.8 Å². The summed E-state index contributed by atoms with van der Waals surface area (Å²) in [5.74, 6) is 7.74. The van der Waals surface area contributed by atoms with E-state index >= 15 is 0 Å². The summed E-state index contributed by atoms with van der Waals surface area (Å²) in [4.78, 5) is 12.1. The summed E-state index contributed by atoms with van der Waals surface area (Å²) >= 11 is 0. The van der Waals surface area contributed by atoms with Crippen LogP contribution in [-0.2, 0) is 4.79 Å². The van der Waals surface area contributed by atoms with E-state index in [9.17, 15) is 9.90 Å². The average molecular weight is 416 g/mol. The summed E-state index contributed by atoms with van der Waals surface area (Å²) in [5, 5.41) is 14.9. The van der Waals surface area contributed by atoms with Gasteiger partial charge in [0.25, 0.3) is 0 Å². The lowest BCUT2D eigenvalue weighted by Gasteiger charge is -2.53. The van der Waals surface area contributed by atoms with E-state index < -0.39 is 5.60 Å². The molecule has 5 rings (SSSR count). The maximum Gasteiger partial charge on any atom is 0.156 e. The number of nitrogens with one attached hydrogen (secondary N) is 1. The largest absolute Gasteiger partial charge is 0.388 e. The molecule has 162 valence electrons. The van der Waals surface area contributed by atoms with Crippen LogP contribution in [0.25, 0.3) is 0 Å². The minimum Gasteiger partial charge on any atom is -0.388 e. The van der Waals surface area contributed by atoms with Gasteiger partial charge in [-0.1, -0.05) is 30.6 Å². The van der Waals surface area contributed by atoms with Gasteiger partial charge in [0.1, 0.15) is 5.60 Å². The van der Waals surface area contributed by atoms with Gasteiger partial charge >= 0.3 is 0 Å². The summed E-state index contributed by atoms with van der Waals surface area (Å²) < 4.78 is 0. The predicted octanol–water partition coefficient (Wildman–Crippen LogP) is 5.38. The van der Waals surface area contributed by atoms with E-state index in [2.05, 4.69) is 48.3 Å². The zero-order chi connectivity index (χ0) is 21.8. The Labute approximate surface area is 186 Å². The van der Waals surface area contributed by atoms with E-state index in [1.165, 1.54) is 16.7 Å². The van der Waals surface area contributed by atoms with Gasteiger partial charge in [-0.3, -0.25) is 4.79 Å². The monoisotopic (exact) mass is 415 g/mol. The van der Waals surface area contributed by atoms with Gasteiger partial charge in [0.2, 0.25) is 0 Å². The highest BCUT2D eigenvalue weighted by Gasteiger charge is 2.62. The third kappa shape index (κ3) is 3.03. The second kappa shape index (κ2) is 7.38. The number of anilines is 1. The molecule has 2 N–H and O–H groups in total. The van der Waals surface area contributed by atoms with Crippen molar-refractivity contribution < 1.29 is 9.90 Å². The summed E-state index contributed by atoms with van der Waals surface area (Å²) in [6, 6.07) is 8.80. The summed E-state index contributed by atoms with van der Waals surface area (Å²) in [6.07, 6.45) is 8.22. The number of aliphatic hydroxyl groups is 1. The fraction of sp³-hybridized carbons (Fsp3) is 0.536. The maximum absolute atomic E-state index is 12.1. The molecule has 1 aromatic carbocycles. The Morgan fingerprint density at radius 1 is 1.13 bits per heavy atom. The molecule has 0 amide bonds. The number of hydrogen-bond donors (Lipinski definition) is 2. The van der Waals surface area contributed by atoms with Gasteiger partial charge < -0.3 is 10.4 Å². The van der Waals surface area contributed by atoms with E-state index in [0.29, 0.717) is 18.3 Å². The van der Waals surface area contributed by atoms with Crippen LogP contribution in [0.5, 0.6) is 0 Å². The first-order chi connectivity index (χ1) is 14.9. The Bertz CT molecular complexity index is 1040. The lowest BCUT2D eigenvalue weighted by Crippen LogP contribution is -2.51. The van der Waals surface area contributed by atoms with Crippen LogP contribution in [0, 0.1) is 29.1 Å². The summed E-state index contributed by atoms with van der Waals surface area (Å²) in [6.45, 7) is 4.14. The smallest absolute Gasteiger partial charge is 0.156 e. The normalized spacial score (nSPS) is 36.6. The quantitative estimate of drug-likeness (QED) is 0.638. The second-order valence-corrected chi connectivity index (χ2v) is 10.1. The van der Waals surface area contributed by atoms with Crippen LogP contribution in [0.4, 0.5) is 5.69 Å². The Kier molecular flexibility index (Phi) is 4.90. The molecule has 5 atom stereocenters. The number of rotatable bonds is 2. The van der Waals surface area contributed by atoms with Gasteiger partial charge in [-0.05, 0) is 92.2 Å². The molecule has 0 saturated heterocycles. The van der Waals surface area contributed by atoms with Crippen molar-refractivity contribution in [2.24, 2.45) is 17.3 Å². The highest BCUT2D eigenvalue weighted by molar-refractivity contribution is 5.93. The molecule has 2 unspecified atom stereocenters. The van der Waals surface area contributed by atoms with Gasteiger partial charge in [0.05, 0.1) is 0 Å². The molecule has 0 radical (unpaired) electrons. The minimum absolute atomic E-state index is 0.219. The number of allylic oxidation sites excluding steroid dienone is 4. The molecular formula is C28H33NO2. The molecule has 0 bridgehead atoms. The number of ketones is 1. The van der Waals surface area contributed by atoms with E-state index in [0.717, 1.165) is 44.2 Å². The Morgan fingerprint density at radius 2 is 1.90 bits per heavy atom. The van der Waals surface area contributed by atoms with Crippen LogP contribution in [0.3, 0.4) is 0 Å². The van der Waals surface area contributed by atoms with E-state index in [1.807, 2.05) is 20.0 Å². The standard InChI is InChI=1S/C28H33NO2/c1-4-14-28(31)15-13-25-23-11-7-19-16-21(30)10-12-22(19)26(23)24(17-27(25,28)2)18-5-8-20(29-3)9-6-18/h5-6,8-9,16,23-25,29,31H,7,10-13,15,17H2,1-3H3/t23-,24+,25?,27-,28?/m0/s1. The van der Waals surface area contributed by atoms with Crippen molar-refractivity contribution in [3.05, 3.63) is 52.6 Å². The van der Waals surface area contributed by atoms with Crippen molar-refractivity contribution >= 4 is 11.5 Å². The highest BCUT2D eigenvalue weighted by Crippen LogP contribution is 2.66. The van der Waals surface area contributed by atoms with Gasteiger partial charge in [-0.15, -0.1) is 5.92 Å². The molecule has 0 aromatic heterocycles. The second-order valence-electron chi connectivity index (χ2n) is 10.1. The molecule has 4 aliphatic rings. The lowest BCUT2D eigenvalue weighted by molar-refractivity contribution is -0.114. The van der Waals surface area contributed by atoms with Crippen LogP contribution in [-0.4, -0.2) is 23.5 Å². The van der Waals surface area contributed by atoms with Crippen molar-refractivity contribution in [2.45, 2.75) is 70.3 Å². The molecule has 31 heavy (non-hydrogen) atoms. The van der Waals surface area contributed by atoms with E-state index in [-0.39, 0.29) is 17.1 Å². The van der Waals surface area contributed by atoms with Crippen LogP contribution in [0.1, 0.15) is 70.3 Å². The van der Waals surface area contributed by atoms with Crippen molar-refractivity contribution in [1.29, 1.82) is 0 Å². The summed E-state index contributed by atoms with van der Waals surface area (Å²) in [7, 11) is 1.95. The van der Waals surface area contributed by atoms with Crippen LogP contribution in [0.15, 0.2) is 47.1 Å². The third-order valence-corrected chi connectivity index (χ3v) is 8.82. The minimum atomic E-state index is -0.912. The van der Waals surface area contributed by atoms with Gasteiger partial charge in [0.15, 0.2) is 5.78 Å². The Balaban J connectivity index is 1.68. The van der Waals surface area contributed by atoms with Crippen molar-refractivity contribution in [1.82, 2.24) is 0 Å². The van der Waals surface area contributed by atoms with Crippen molar-refractivity contribution in [3.63, 3.8) is 0 Å². The first kappa shape index (κ1) is 20.6. The van der Waals surface area contributed by atoms with Crippen LogP contribution in [0.2, 0.25) is 0 Å². The topological polar surface area (TPSA) is 49.3 Å². The number of carbonyl (C=O) groups excluding carboxylic acids is 1. The fourth-order valence-electron chi connectivity index (χ4n) is 7.26. The molecule has 4 aliphatic carbocycles. The molecule has 0 heterocycles. The molecule has 3 nitrogen and oxygen atoms in total. The number of carbonyl (C=O) groups is 1. The van der Waals surface area contributed by atoms with Gasteiger partial charge in [0, 0.05) is 30.5 Å². The Morgan fingerprint density at radius 3 is 2.61 bits per heavy atom. The van der Waals surface area contributed by atoms with Crippen molar-refractivity contribution in [2.75, 3.05) is 12.4 Å². The molecule has 0 aliphatic heterocycles. The molecular weight excluding hydrogens is 382 g/mol. The third-order valence-electron chi connectivity index (χ3n) is 8.82. The zero-order valence-electron chi connectivity index (χ0n) is 18.9. The van der Waals surface area contributed by atoms with Gasteiger partial charge in [-0.25, -0.2) is 0 Å². The molecule has 2 fully saturated rings. The van der Waals surface area contributed by atoms with Crippen LogP contribution < -0.4 is 5.32 Å². The van der Waals surface area contributed by atoms with Gasteiger partial charge in [-0.2, -0.15) is 0 Å². The number of benzene rings is 1. The number of fused-ring (bicyclic) bond motifs is 4. The maximum atomic E-state index is 12.1. The molecule has 0 spiro atoms. The first-order valence-corrected chi connectivity index (χ1v) is 11.8. The first-order valence-electron chi connectivity index (χ1n) is 11.8. The fourth-order valence-corrected chi connectivity index (χ4v) is 7.26. The zero-order valence-corrected chi connectivity index (χ0v) is 18.9. The summed E-state index contributed by atoms with van der Waals surface area (Å²) in [5.41, 5.74) is 5.61. The van der Waals surface area contributed by atoms with E-state index in [4.69, 9.17) is 0 Å². The number of hydrogen-bond acceptors (Lipinski definition) is 3. The Hall–Kier alpha value is -2.31. The predicted molar refractivity (Wildman–Crippen MR) is 125 cm³/mol. The van der Waals surface area contributed by atoms with Crippen LogP contribution >= 0.6 is 0 Å². The highest BCUT2D eigenvalue weighted by atomic mass is 16.3. The average Bonchev–Trinajstić information content (AvgIpc) is 3.03. The SMILES string of the molecule is CC#CC1(O)CCC2[C@@H]3CCC4=CC(=O)CCC4=C3[C@@H](c3ccc(NC)cc3)C[C@@]21C. The molecule has 2 saturated carbocycles. The van der Waals surface area contributed by atoms with E-state index in [1.54, 1.807) is 5.57 Å². The molecule has 1 aromatic rings.